The molecule has 8 heteroatoms. The number of amides is 1. The second-order valence-corrected chi connectivity index (χ2v) is 8.32. The molecule has 0 unspecified atom stereocenters. The maximum Gasteiger partial charge on any atom is 0.274 e. The molecule has 33 heavy (non-hydrogen) atoms. The minimum atomic E-state index is -3.02. The highest BCUT2D eigenvalue weighted by Gasteiger charge is 2.51. The Balaban J connectivity index is 1.34. The number of nitrogens with zero attached hydrogens (tertiary/aromatic N) is 2. The summed E-state index contributed by atoms with van der Waals surface area (Å²) >= 11 is 0. The molecule has 1 N–H and O–H groups in total. The van der Waals surface area contributed by atoms with Crippen molar-refractivity contribution in [3.63, 3.8) is 0 Å². The first-order valence-corrected chi connectivity index (χ1v) is 10.6. The normalized spacial score (nSPS) is 14.4. The minimum absolute atomic E-state index is 0.0928. The van der Waals surface area contributed by atoms with Gasteiger partial charge in [-0.05, 0) is 42.7 Å². The van der Waals surface area contributed by atoms with Gasteiger partial charge in [-0.1, -0.05) is 24.3 Å². The number of benzene rings is 2. The Labute approximate surface area is 190 Å². The lowest BCUT2D eigenvalue weighted by Crippen LogP contribution is -2.33. The van der Waals surface area contributed by atoms with Crippen LogP contribution in [0, 0.1) is 5.41 Å². The number of carbonyl (C=O) groups is 2. The number of ether oxygens (including phenoxy) is 1. The van der Waals surface area contributed by atoms with Gasteiger partial charge in [-0.3, -0.25) is 9.59 Å². The molecule has 1 aliphatic carbocycles. The van der Waals surface area contributed by atoms with Gasteiger partial charge in [0.15, 0.2) is 5.78 Å². The summed E-state index contributed by atoms with van der Waals surface area (Å²) < 4.78 is 33.2. The molecule has 170 valence electrons. The zero-order valence-electron chi connectivity index (χ0n) is 18.1. The number of hydrogen-bond acceptors (Lipinski definition) is 5. The molecule has 3 aromatic rings. The van der Waals surface area contributed by atoms with Crippen LogP contribution in [-0.2, 0) is 17.3 Å². The van der Waals surface area contributed by atoms with E-state index in [4.69, 9.17) is 4.74 Å². The van der Waals surface area contributed by atoms with Crippen LogP contribution in [-0.4, -0.2) is 21.7 Å². The van der Waals surface area contributed by atoms with Crippen LogP contribution in [0.3, 0.4) is 0 Å². The van der Waals surface area contributed by atoms with Gasteiger partial charge < -0.3 is 10.1 Å². The monoisotopic (exact) mass is 451 g/mol. The van der Waals surface area contributed by atoms with Crippen LogP contribution in [0.1, 0.15) is 47.7 Å². The molecular weight excluding hydrogens is 428 g/mol. The fourth-order valence-corrected chi connectivity index (χ4v) is 3.58. The largest absolute Gasteiger partial charge is 0.457 e. The second-order valence-electron chi connectivity index (χ2n) is 8.32. The summed E-state index contributed by atoms with van der Waals surface area (Å²) in [5.41, 5.74) is 0.357. The average molecular weight is 451 g/mol. The van der Waals surface area contributed by atoms with Crippen molar-refractivity contribution in [2.75, 3.05) is 0 Å². The zero-order valence-corrected chi connectivity index (χ0v) is 18.1. The number of Topliss-reactive ketones (excluding diaryl/α,β-unsaturated/α-hetero) is 1. The standard InChI is InChI=1S/C25H23F2N3O3/c1-24(26,27)20-4-2-3-5-22(20)33-19-8-6-17(7-9-19)13-30-23(32)25(10-11-25)12-21(31)18-14-28-16-29-15-18/h2-9,14-16H,10-13H2,1H3,(H,30,32). The maximum absolute atomic E-state index is 13.8. The minimum Gasteiger partial charge on any atom is -0.457 e. The van der Waals surface area contributed by atoms with Crippen LogP contribution in [0.4, 0.5) is 8.78 Å². The van der Waals surface area contributed by atoms with E-state index in [1.807, 2.05) is 0 Å². The van der Waals surface area contributed by atoms with E-state index < -0.39 is 11.3 Å². The Morgan fingerprint density at radius 3 is 2.36 bits per heavy atom. The predicted octanol–water partition coefficient (Wildman–Crippen LogP) is 5.05. The van der Waals surface area contributed by atoms with Crippen LogP contribution in [0.2, 0.25) is 0 Å². The SMILES string of the molecule is CC(F)(F)c1ccccc1Oc1ccc(CNC(=O)C2(CC(=O)c3cncnc3)CC2)cc1. The van der Waals surface area contributed by atoms with Gasteiger partial charge in [-0.2, -0.15) is 0 Å². The summed E-state index contributed by atoms with van der Waals surface area (Å²) in [6.07, 6.45) is 5.70. The molecule has 1 aromatic heterocycles. The van der Waals surface area contributed by atoms with Crippen molar-refractivity contribution < 1.29 is 23.1 Å². The number of hydrogen-bond donors (Lipinski definition) is 1. The third-order valence-electron chi connectivity index (χ3n) is 5.68. The van der Waals surface area contributed by atoms with Gasteiger partial charge >= 0.3 is 0 Å². The van der Waals surface area contributed by atoms with E-state index in [1.54, 1.807) is 36.4 Å². The topological polar surface area (TPSA) is 81.2 Å². The lowest BCUT2D eigenvalue weighted by Gasteiger charge is -2.16. The first kappa shape index (κ1) is 22.5. The van der Waals surface area contributed by atoms with Crippen molar-refractivity contribution in [3.05, 3.63) is 83.9 Å². The number of aromatic nitrogens is 2. The van der Waals surface area contributed by atoms with E-state index in [1.165, 1.54) is 30.9 Å². The summed E-state index contributed by atoms with van der Waals surface area (Å²) in [6.45, 7) is 1.11. The summed E-state index contributed by atoms with van der Waals surface area (Å²) in [4.78, 5) is 32.8. The van der Waals surface area contributed by atoms with E-state index in [2.05, 4.69) is 15.3 Å². The quantitative estimate of drug-likeness (QED) is 0.461. The van der Waals surface area contributed by atoms with Crippen LogP contribution in [0.25, 0.3) is 0 Å². The Bertz CT molecular complexity index is 1140. The third kappa shape index (κ3) is 5.39. The lowest BCUT2D eigenvalue weighted by atomic mass is 9.95. The smallest absolute Gasteiger partial charge is 0.274 e. The summed E-state index contributed by atoms with van der Waals surface area (Å²) in [5.74, 6) is -2.82. The van der Waals surface area contributed by atoms with Crippen molar-refractivity contribution in [1.82, 2.24) is 15.3 Å². The third-order valence-corrected chi connectivity index (χ3v) is 5.68. The number of para-hydroxylation sites is 1. The molecule has 1 amide bonds. The molecule has 0 spiro atoms. The first-order chi connectivity index (χ1) is 15.8. The van der Waals surface area contributed by atoms with Crippen LogP contribution >= 0.6 is 0 Å². The Morgan fingerprint density at radius 1 is 1.06 bits per heavy atom. The molecule has 0 aliphatic heterocycles. The van der Waals surface area contributed by atoms with E-state index in [0.29, 0.717) is 24.2 Å². The highest BCUT2D eigenvalue weighted by Crippen LogP contribution is 2.49. The molecule has 0 atom stereocenters. The number of halogens is 2. The summed E-state index contributed by atoms with van der Waals surface area (Å²) in [6, 6.07) is 12.9. The lowest BCUT2D eigenvalue weighted by molar-refractivity contribution is -0.126. The predicted molar refractivity (Wildman–Crippen MR) is 117 cm³/mol. The van der Waals surface area contributed by atoms with Crippen molar-refractivity contribution in [3.8, 4) is 11.5 Å². The number of rotatable bonds is 9. The highest BCUT2D eigenvalue weighted by atomic mass is 19.3. The fraction of sp³-hybridized carbons (Fsp3) is 0.280. The van der Waals surface area contributed by atoms with Crippen LogP contribution in [0.5, 0.6) is 11.5 Å². The second kappa shape index (κ2) is 9.05. The van der Waals surface area contributed by atoms with Crippen LogP contribution in [0.15, 0.2) is 67.3 Å². The molecule has 0 radical (unpaired) electrons. The number of carbonyl (C=O) groups excluding carboxylic acids is 2. The van der Waals surface area contributed by atoms with Gasteiger partial charge in [0.1, 0.15) is 17.8 Å². The Morgan fingerprint density at radius 2 is 1.73 bits per heavy atom. The molecule has 6 nitrogen and oxygen atoms in total. The van der Waals surface area contributed by atoms with Crippen molar-refractivity contribution in [2.45, 2.75) is 38.7 Å². The molecule has 1 aliphatic rings. The van der Waals surface area contributed by atoms with Crippen molar-refractivity contribution in [2.24, 2.45) is 5.41 Å². The molecular formula is C25H23F2N3O3. The Kier molecular flexibility index (Phi) is 6.18. The average Bonchev–Trinajstić information content (AvgIpc) is 3.59. The Hall–Kier alpha value is -3.68. The molecule has 4 rings (SSSR count). The van der Waals surface area contributed by atoms with Gasteiger partial charge in [-0.25, -0.2) is 18.7 Å². The van der Waals surface area contributed by atoms with Crippen molar-refractivity contribution in [1.29, 1.82) is 0 Å². The molecule has 2 aromatic carbocycles. The van der Waals surface area contributed by atoms with Gasteiger partial charge in [-0.15, -0.1) is 0 Å². The molecule has 1 saturated carbocycles. The number of nitrogens with one attached hydrogen (secondary N) is 1. The van der Waals surface area contributed by atoms with Gasteiger partial charge in [0, 0.05) is 32.3 Å². The van der Waals surface area contributed by atoms with Crippen LogP contribution < -0.4 is 10.1 Å². The van der Waals surface area contributed by atoms with Crippen molar-refractivity contribution >= 4 is 11.7 Å². The fourth-order valence-electron chi connectivity index (χ4n) is 3.58. The number of ketones is 1. The van der Waals surface area contributed by atoms with Gasteiger partial charge in [0.05, 0.1) is 16.5 Å². The summed E-state index contributed by atoms with van der Waals surface area (Å²) in [7, 11) is 0. The molecule has 0 bridgehead atoms. The van der Waals surface area contributed by atoms with E-state index in [-0.39, 0.29) is 36.0 Å². The number of alkyl halides is 2. The molecule has 1 heterocycles. The summed E-state index contributed by atoms with van der Waals surface area (Å²) in [5, 5.41) is 2.89. The van der Waals surface area contributed by atoms with E-state index >= 15 is 0 Å². The van der Waals surface area contributed by atoms with Gasteiger partial charge in [0.2, 0.25) is 5.91 Å². The maximum atomic E-state index is 13.8. The molecule has 1 fully saturated rings. The van der Waals surface area contributed by atoms with Gasteiger partial charge in [0.25, 0.3) is 5.92 Å². The van der Waals surface area contributed by atoms with E-state index in [9.17, 15) is 18.4 Å². The first-order valence-electron chi connectivity index (χ1n) is 10.6. The van der Waals surface area contributed by atoms with E-state index in [0.717, 1.165) is 12.5 Å². The zero-order chi connectivity index (χ0) is 23.5. The molecule has 0 saturated heterocycles. The highest BCUT2D eigenvalue weighted by molar-refractivity contribution is 6.00.